The zero-order chi connectivity index (χ0) is 30.1. The Morgan fingerprint density at radius 1 is 1.07 bits per heavy atom. The molecule has 0 saturated carbocycles. The van der Waals surface area contributed by atoms with E-state index in [2.05, 4.69) is 20.9 Å². The smallest absolute Gasteiger partial charge is 0.252 e. The summed E-state index contributed by atoms with van der Waals surface area (Å²) < 4.78 is 0. The molecule has 4 N–H and O–H groups in total. The fourth-order valence-corrected chi connectivity index (χ4v) is 5.64. The zero-order valence-electron chi connectivity index (χ0n) is 25.5. The van der Waals surface area contributed by atoms with Crippen LogP contribution in [0.1, 0.15) is 94.8 Å². The molecule has 10 heteroatoms. The standard InChI is InChI=1S/C31H47N7O3/c1-20(2)35-30-28(17-32)27(31(41)33-18-22(4)21(3)15-23(5)34-19-39)16-29(36-30)25-7-11-38(12-8-25)26-9-13-37(14-10-26)24(6)40/h15-17,19-20,25-26,32H,7-14,18H2,1-6H3,(H,33,41)(H,34,39)(H,35,36)/b22-21+,23-15-,32-17?. The predicted octanol–water partition coefficient (Wildman–Crippen LogP) is 3.81. The summed E-state index contributed by atoms with van der Waals surface area (Å²) in [5, 5.41) is 17.1. The lowest BCUT2D eigenvalue weighted by molar-refractivity contribution is -0.130. The van der Waals surface area contributed by atoms with Crippen molar-refractivity contribution in [2.45, 2.75) is 85.2 Å². The maximum Gasteiger partial charge on any atom is 0.252 e. The molecule has 2 saturated heterocycles. The highest BCUT2D eigenvalue weighted by Gasteiger charge is 2.30. The van der Waals surface area contributed by atoms with E-state index in [-0.39, 0.29) is 23.8 Å². The molecular weight excluding hydrogens is 518 g/mol. The molecule has 0 spiro atoms. The Morgan fingerprint density at radius 3 is 2.29 bits per heavy atom. The molecular formula is C31H47N7O3. The molecule has 3 amide bonds. The number of hydrogen-bond acceptors (Lipinski definition) is 7. The molecule has 3 rings (SSSR count). The van der Waals surface area contributed by atoms with Gasteiger partial charge in [0.1, 0.15) is 5.82 Å². The molecule has 224 valence electrons. The van der Waals surface area contributed by atoms with E-state index >= 15 is 0 Å². The average molecular weight is 566 g/mol. The number of hydrogen-bond donors (Lipinski definition) is 4. The number of piperidine rings is 2. The van der Waals surface area contributed by atoms with Crippen LogP contribution in [-0.2, 0) is 9.59 Å². The first-order valence-electron chi connectivity index (χ1n) is 14.7. The molecule has 2 fully saturated rings. The topological polar surface area (TPSA) is 131 Å². The highest BCUT2D eigenvalue weighted by Crippen LogP contribution is 2.32. The molecule has 2 aliphatic heterocycles. The van der Waals surface area contributed by atoms with Gasteiger partial charge in [-0.15, -0.1) is 0 Å². The molecule has 3 heterocycles. The number of carbonyl (C=O) groups excluding carboxylic acids is 3. The molecule has 0 aromatic carbocycles. The first-order valence-corrected chi connectivity index (χ1v) is 14.7. The molecule has 1 aromatic rings. The van der Waals surface area contributed by atoms with E-state index in [4.69, 9.17) is 10.4 Å². The van der Waals surface area contributed by atoms with Crippen LogP contribution in [0.5, 0.6) is 0 Å². The predicted molar refractivity (Wildman–Crippen MR) is 163 cm³/mol. The summed E-state index contributed by atoms with van der Waals surface area (Å²) in [6.45, 7) is 15.3. The second-order valence-corrected chi connectivity index (χ2v) is 11.6. The summed E-state index contributed by atoms with van der Waals surface area (Å²) in [7, 11) is 0. The number of pyridine rings is 1. The lowest BCUT2D eigenvalue weighted by atomic mass is 9.89. The number of aromatic nitrogens is 1. The summed E-state index contributed by atoms with van der Waals surface area (Å²) >= 11 is 0. The molecule has 1 aromatic heterocycles. The normalized spacial score (nSPS) is 18.1. The van der Waals surface area contributed by atoms with Crippen molar-refractivity contribution in [1.82, 2.24) is 25.4 Å². The Hall–Kier alpha value is -3.53. The van der Waals surface area contributed by atoms with Gasteiger partial charge >= 0.3 is 0 Å². The number of allylic oxidation sites excluding steroid dienone is 3. The number of rotatable bonds is 11. The average Bonchev–Trinajstić information content (AvgIpc) is 2.95. The molecule has 0 atom stereocenters. The molecule has 41 heavy (non-hydrogen) atoms. The SMILES string of the molecule is CC(=O)N1CCC(N2CCC(c3cc(C(=O)NC/C(C)=C(C)/C=C(/C)NC=O)c(C=N)c(NC(C)C)n3)CC2)CC1. The monoisotopic (exact) mass is 565 g/mol. The van der Waals surface area contributed by atoms with Crippen LogP contribution in [0.4, 0.5) is 5.82 Å². The molecule has 2 aliphatic rings. The number of anilines is 1. The number of nitrogens with one attached hydrogen (secondary N) is 4. The fraction of sp³-hybridized carbons (Fsp3) is 0.581. The minimum Gasteiger partial charge on any atom is -0.367 e. The van der Waals surface area contributed by atoms with Gasteiger partial charge in [-0.3, -0.25) is 14.4 Å². The van der Waals surface area contributed by atoms with Crippen LogP contribution in [0, 0.1) is 5.41 Å². The molecule has 0 aliphatic carbocycles. The Labute approximate surface area is 244 Å². The first-order chi connectivity index (χ1) is 19.5. The van der Waals surface area contributed by atoms with Crippen molar-refractivity contribution >= 4 is 30.3 Å². The number of carbonyl (C=O) groups is 3. The summed E-state index contributed by atoms with van der Waals surface area (Å²) in [5.41, 5.74) is 4.48. The van der Waals surface area contributed by atoms with E-state index in [1.54, 1.807) is 6.92 Å². The molecule has 0 radical (unpaired) electrons. The van der Waals surface area contributed by atoms with E-state index in [1.807, 2.05) is 51.7 Å². The fourth-order valence-electron chi connectivity index (χ4n) is 5.64. The van der Waals surface area contributed by atoms with Gasteiger partial charge in [-0.2, -0.15) is 0 Å². The van der Waals surface area contributed by atoms with Gasteiger partial charge in [-0.25, -0.2) is 4.98 Å². The van der Waals surface area contributed by atoms with Crippen LogP contribution in [0.25, 0.3) is 0 Å². The Kier molecular flexibility index (Phi) is 11.6. The van der Waals surface area contributed by atoms with Crippen LogP contribution in [0.3, 0.4) is 0 Å². The van der Waals surface area contributed by atoms with Gasteiger partial charge in [0.25, 0.3) is 5.91 Å². The minimum atomic E-state index is -0.243. The molecule has 0 unspecified atom stereocenters. The lowest BCUT2D eigenvalue weighted by Crippen LogP contribution is -2.48. The van der Waals surface area contributed by atoms with E-state index in [0.29, 0.717) is 35.9 Å². The Morgan fingerprint density at radius 2 is 1.73 bits per heavy atom. The van der Waals surface area contributed by atoms with Crippen LogP contribution < -0.4 is 16.0 Å². The third-order valence-corrected chi connectivity index (χ3v) is 8.17. The second-order valence-electron chi connectivity index (χ2n) is 11.6. The first kappa shape index (κ1) is 32.0. The summed E-state index contributed by atoms with van der Waals surface area (Å²) in [4.78, 5) is 45.3. The third kappa shape index (κ3) is 8.73. The lowest BCUT2D eigenvalue weighted by Gasteiger charge is -2.41. The van der Waals surface area contributed by atoms with E-state index in [9.17, 15) is 14.4 Å². The quantitative estimate of drug-likeness (QED) is 0.183. The van der Waals surface area contributed by atoms with Crippen LogP contribution in [0.15, 0.2) is 29.0 Å². The maximum atomic E-state index is 13.5. The van der Waals surface area contributed by atoms with Crippen molar-refractivity contribution < 1.29 is 14.4 Å². The number of amides is 3. The molecule has 0 bridgehead atoms. The van der Waals surface area contributed by atoms with E-state index in [0.717, 1.165) is 74.4 Å². The van der Waals surface area contributed by atoms with Gasteiger partial charge in [0.15, 0.2) is 0 Å². The minimum absolute atomic E-state index is 0.0953. The van der Waals surface area contributed by atoms with Gasteiger partial charge < -0.3 is 31.2 Å². The summed E-state index contributed by atoms with van der Waals surface area (Å²) in [6.07, 6.45) is 7.65. The van der Waals surface area contributed by atoms with Crippen LogP contribution in [0.2, 0.25) is 0 Å². The number of nitrogens with zero attached hydrogens (tertiary/aromatic N) is 3. The molecule has 10 nitrogen and oxygen atoms in total. The van der Waals surface area contributed by atoms with Gasteiger partial charge in [0.05, 0.1) is 5.56 Å². The van der Waals surface area contributed by atoms with Crippen LogP contribution >= 0.6 is 0 Å². The van der Waals surface area contributed by atoms with Gasteiger partial charge in [0.2, 0.25) is 12.3 Å². The van der Waals surface area contributed by atoms with Crippen LogP contribution in [-0.4, -0.2) is 84.0 Å². The largest absolute Gasteiger partial charge is 0.367 e. The van der Waals surface area contributed by atoms with Crippen molar-refractivity contribution in [3.05, 3.63) is 45.8 Å². The number of likely N-dealkylation sites (tertiary alicyclic amines) is 2. The van der Waals surface area contributed by atoms with E-state index < -0.39 is 0 Å². The third-order valence-electron chi connectivity index (χ3n) is 8.17. The van der Waals surface area contributed by atoms with Crippen molar-refractivity contribution in [2.24, 2.45) is 0 Å². The van der Waals surface area contributed by atoms with E-state index in [1.165, 1.54) is 6.21 Å². The second kappa shape index (κ2) is 14.9. The van der Waals surface area contributed by atoms with Gasteiger partial charge in [-0.1, -0.05) is 5.57 Å². The van der Waals surface area contributed by atoms with Gasteiger partial charge in [-0.05, 0) is 91.1 Å². The van der Waals surface area contributed by atoms with Crippen molar-refractivity contribution in [3.63, 3.8) is 0 Å². The van der Waals surface area contributed by atoms with Crippen molar-refractivity contribution in [1.29, 1.82) is 5.41 Å². The Balaban J connectivity index is 1.76. The summed E-state index contributed by atoms with van der Waals surface area (Å²) in [6, 6.07) is 2.47. The highest BCUT2D eigenvalue weighted by molar-refractivity contribution is 6.04. The zero-order valence-corrected chi connectivity index (χ0v) is 25.5. The van der Waals surface area contributed by atoms with Crippen molar-refractivity contribution in [2.75, 3.05) is 38.0 Å². The van der Waals surface area contributed by atoms with Gasteiger partial charge in [0, 0.05) is 67.7 Å². The maximum absolute atomic E-state index is 13.5. The Bertz CT molecular complexity index is 1170. The highest BCUT2D eigenvalue weighted by atomic mass is 16.2. The summed E-state index contributed by atoms with van der Waals surface area (Å²) in [5.74, 6) is 0.712. The van der Waals surface area contributed by atoms with Crippen molar-refractivity contribution in [3.8, 4) is 0 Å².